The predicted molar refractivity (Wildman–Crippen MR) is 69.3 cm³/mol. The van der Waals surface area contributed by atoms with E-state index in [1.165, 1.54) is 5.56 Å². The molecule has 0 amide bonds. The van der Waals surface area contributed by atoms with Gasteiger partial charge in [-0.1, -0.05) is 23.2 Å². The summed E-state index contributed by atoms with van der Waals surface area (Å²) in [6.07, 6.45) is 0. The molecule has 2 rings (SSSR count). The molecule has 2 nitrogen and oxygen atoms in total. The topological polar surface area (TPSA) is 15.3 Å². The summed E-state index contributed by atoms with van der Waals surface area (Å²) in [6.45, 7) is 6.46. The third-order valence-electron chi connectivity index (χ3n) is 3.07. The lowest BCUT2D eigenvalue weighted by atomic mass is 10.1. The fourth-order valence-corrected chi connectivity index (χ4v) is 2.64. The summed E-state index contributed by atoms with van der Waals surface area (Å²) < 4.78 is 0. The second-order valence-electron chi connectivity index (χ2n) is 4.16. The Labute approximate surface area is 107 Å². The largest absolute Gasteiger partial charge is 0.314 e. The summed E-state index contributed by atoms with van der Waals surface area (Å²) in [7, 11) is 0. The summed E-state index contributed by atoms with van der Waals surface area (Å²) >= 11 is 12.0. The number of hydrogen-bond donors (Lipinski definition) is 1. The van der Waals surface area contributed by atoms with Crippen LogP contribution in [0, 0.1) is 0 Å². The molecule has 1 fully saturated rings. The van der Waals surface area contributed by atoms with E-state index in [1.54, 1.807) is 6.07 Å². The van der Waals surface area contributed by atoms with Crippen molar-refractivity contribution in [1.82, 2.24) is 10.2 Å². The van der Waals surface area contributed by atoms with Gasteiger partial charge in [-0.05, 0) is 30.7 Å². The molecule has 1 aromatic carbocycles. The molecule has 88 valence electrons. The average Bonchev–Trinajstić information content (AvgIpc) is 2.28. The highest BCUT2D eigenvalue weighted by Gasteiger charge is 2.18. The SMILES string of the molecule is CC(c1cc(Cl)cc(Cl)c1)N1CCNCC1. The first-order chi connectivity index (χ1) is 7.66. The summed E-state index contributed by atoms with van der Waals surface area (Å²) in [4.78, 5) is 2.44. The Bertz CT molecular complexity index is 342. The van der Waals surface area contributed by atoms with Crippen LogP contribution < -0.4 is 5.32 Å². The van der Waals surface area contributed by atoms with Crippen molar-refractivity contribution in [2.75, 3.05) is 26.2 Å². The highest BCUT2D eigenvalue weighted by atomic mass is 35.5. The molecule has 1 atom stereocenters. The molecule has 0 radical (unpaired) electrons. The van der Waals surface area contributed by atoms with Crippen LogP contribution >= 0.6 is 23.2 Å². The van der Waals surface area contributed by atoms with Crippen molar-refractivity contribution in [1.29, 1.82) is 0 Å². The minimum absolute atomic E-state index is 0.373. The lowest BCUT2D eigenvalue weighted by molar-refractivity contribution is 0.185. The lowest BCUT2D eigenvalue weighted by Gasteiger charge is -2.33. The molecular weight excluding hydrogens is 243 g/mol. The van der Waals surface area contributed by atoms with Gasteiger partial charge in [0.05, 0.1) is 0 Å². The molecule has 1 heterocycles. The highest BCUT2D eigenvalue weighted by molar-refractivity contribution is 6.34. The van der Waals surface area contributed by atoms with Gasteiger partial charge in [-0.3, -0.25) is 4.90 Å². The van der Waals surface area contributed by atoms with E-state index in [0.29, 0.717) is 16.1 Å². The molecule has 0 aromatic heterocycles. The number of nitrogens with one attached hydrogen (secondary N) is 1. The Balaban J connectivity index is 2.15. The average molecular weight is 259 g/mol. The second-order valence-corrected chi connectivity index (χ2v) is 5.04. The van der Waals surface area contributed by atoms with E-state index >= 15 is 0 Å². The van der Waals surface area contributed by atoms with Gasteiger partial charge in [0.1, 0.15) is 0 Å². The van der Waals surface area contributed by atoms with Gasteiger partial charge in [0.15, 0.2) is 0 Å². The van der Waals surface area contributed by atoms with Gasteiger partial charge < -0.3 is 5.32 Å². The number of halogens is 2. The molecule has 1 aliphatic heterocycles. The van der Waals surface area contributed by atoms with Crippen LogP contribution in [0.15, 0.2) is 18.2 Å². The van der Waals surface area contributed by atoms with Crippen molar-refractivity contribution in [2.24, 2.45) is 0 Å². The molecular formula is C12H16Cl2N2. The third kappa shape index (κ3) is 2.89. The van der Waals surface area contributed by atoms with Crippen LogP contribution in [-0.2, 0) is 0 Å². The number of nitrogens with zero attached hydrogens (tertiary/aromatic N) is 1. The fourth-order valence-electron chi connectivity index (χ4n) is 2.10. The van der Waals surface area contributed by atoms with Crippen LogP contribution in [0.25, 0.3) is 0 Å². The van der Waals surface area contributed by atoms with Crippen molar-refractivity contribution in [3.63, 3.8) is 0 Å². The Morgan fingerprint density at radius 3 is 2.25 bits per heavy atom. The van der Waals surface area contributed by atoms with Crippen LogP contribution in [0.4, 0.5) is 0 Å². The molecule has 0 spiro atoms. The van der Waals surface area contributed by atoms with E-state index in [9.17, 15) is 0 Å². The van der Waals surface area contributed by atoms with Crippen molar-refractivity contribution in [3.8, 4) is 0 Å². The van der Waals surface area contributed by atoms with E-state index in [2.05, 4.69) is 17.1 Å². The Morgan fingerprint density at radius 2 is 1.69 bits per heavy atom. The zero-order chi connectivity index (χ0) is 11.5. The maximum absolute atomic E-state index is 6.02. The smallest absolute Gasteiger partial charge is 0.0424 e. The van der Waals surface area contributed by atoms with E-state index < -0.39 is 0 Å². The van der Waals surface area contributed by atoms with Crippen LogP contribution in [0.3, 0.4) is 0 Å². The first-order valence-corrected chi connectivity index (χ1v) is 6.33. The Morgan fingerprint density at radius 1 is 1.12 bits per heavy atom. The lowest BCUT2D eigenvalue weighted by Crippen LogP contribution is -2.44. The van der Waals surface area contributed by atoms with Crippen LogP contribution in [0.5, 0.6) is 0 Å². The van der Waals surface area contributed by atoms with Gasteiger partial charge >= 0.3 is 0 Å². The minimum atomic E-state index is 0.373. The number of hydrogen-bond acceptors (Lipinski definition) is 2. The molecule has 1 aliphatic rings. The molecule has 1 N–H and O–H groups in total. The monoisotopic (exact) mass is 258 g/mol. The Hall–Kier alpha value is -0.280. The zero-order valence-corrected chi connectivity index (χ0v) is 10.9. The van der Waals surface area contributed by atoms with E-state index in [1.807, 2.05) is 12.1 Å². The van der Waals surface area contributed by atoms with Gasteiger partial charge in [0, 0.05) is 42.3 Å². The van der Waals surface area contributed by atoms with Crippen molar-refractivity contribution >= 4 is 23.2 Å². The summed E-state index contributed by atoms with van der Waals surface area (Å²) in [5.74, 6) is 0. The molecule has 1 aromatic rings. The fraction of sp³-hybridized carbons (Fsp3) is 0.500. The van der Waals surface area contributed by atoms with Crippen molar-refractivity contribution in [2.45, 2.75) is 13.0 Å². The zero-order valence-electron chi connectivity index (χ0n) is 9.34. The number of benzene rings is 1. The normalized spacial score (nSPS) is 19.7. The summed E-state index contributed by atoms with van der Waals surface area (Å²) in [5, 5.41) is 4.77. The van der Waals surface area contributed by atoms with E-state index in [-0.39, 0.29) is 0 Å². The molecule has 0 bridgehead atoms. The van der Waals surface area contributed by atoms with Crippen LogP contribution in [0.2, 0.25) is 10.0 Å². The van der Waals surface area contributed by atoms with Crippen LogP contribution in [0.1, 0.15) is 18.5 Å². The highest BCUT2D eigenvalue weighted by Crippen LogP contribution is 2.26. The first-order valence-electron chi connectivity index (χ1n) is 5.57. The van der Waals surface area contributed by atoms with Gasteiger partial charge in [-0.25, -0.2) is 0 Å². The summed E-state index contributed by atoms with van der Waals surface area (Å²) in [5.41, 5.74) is 1.19. The van der Waals surface area contributed by atoms with Gasteiger partial charge in [-0.15, -0.1) is 0 Å². The molecule has 0 saturated carbocycles. The predicted octanol–water partition coefficient (Wildman–Crippen LogP) is 2.96. The maximum Gasteiger partial charge on any atom is 0.0424 e. The minimum Gasteiger partial charge on any atom is -0.314 e. The second kappa shape index (κ2) is 5.37. The van der Waals surface area contributed by atoms with Gasteiger partial charge in [-0.2, -0.15) is 0 Å². The van der Waals surface area contributed by atoms with Crippen LogP contribution in [-0.4, -0.2) is 31.1 Å². The molecule has 1 unspecified atom stereocenters. The van der Waals surface area contributed by atoms with Gasteiger partial charge in [0.2, 0.25) is 0 Å². The molecule has 1 saturated heterocycles. The molecule has 4 heteroatoms. The van der Waals surface area contributed by atoms with E-state index in [0.717, 1.165) is 26.2 Å². The molecule has 16 heavy (non-hydrogen) atoms. The Kier molecular flexibility index (Phi) is 4.09. The quantitative estimate of drug-likeness (QED) is 0.878. The third-order valence-corrected chi connectivity index (χ3v) is 3.50. The summed E-state index contributed by atoms with van der Waals surface area (Å²) in [6, 6.07) is 6.15. The standard InChI is InChI=1S/C12H16Cl2N2/c1-9(16-4-2-15-3-5-16)10-6-11(13)8-12(14)7-10/h6-9,15H,2-5H2,1H3. The number of piperazine rings is 1. The van der Waals surface area contributed by atoms with Crippen molar-refractivity contribution in [3.05, 3.63) is 33.8 Å². The van der Waals surface area contributed by atoms with Gasteiger partial charge in [0.25, 0.3) is 0 Å². The number of rotatable bonds is 2. The maximum atomic E-state index is 6.02. The van der Waals surface area contributed by atoms with Crippen molar-refractivity contribution < 1.29 is 0 Å². The van der Waals surface area contributed by atoms with E-state index in [4.69, 9.17) is 23.2 Å². The first kappa shape index (κ1) is 12.2. The molecule has 0 aliphatic carbocycles.